The number of thiophene rings is 1. The summed E-state index contributed by atoms with van der Waals surface area (Å²) in [6.45, 7) is 4.88. The molecule has 0 N–H and O–H groups in total. The molecule has 6 nitrogen and oxygen atoms in total. The molecule has 1 unspecified atom stereocenters. The Bertz CT molecular complexity index is 1220. The van der Waals surface area contributed by atoms with E-state index in [1.54, 1.807) is 18.4 Å². The van der Waals surface area contributed by atoms with Crippen molar-refractivity contribution < 1.29 is 23.7 Å². The average molecular weight is 522 g/mol. The lowest BCUT2D eigenvalue weighted by molar-refractivity contribution is -0.131. The molecule has 1 aromatic heterocycles. The van der Waals surface area contributed by atoms with Gasteiger partial charge in [0.1, 0.15) is 19.0 Å². The summed E-state index contributed by atoms with van der Waals surface area (Å²) in [4.78, 5) is 17.6. The van der Waals surface area contributed by atoms with Gasteiger partial charge in [0.05, 0.1) is 19.8 Å². The fourth-order valence-electron chi connectivity index (χ4n) is 4.97. The summed E-state index contributed by atoms with van der Waals surface area (Å²) >= 11 is 1.75. The normalized spacial score (nSPS) is 17.5. The lowest BCUT2D eigenvalue weighted by Crippen LogP contribution is -2.32. The van der Waals surface area contributed by atoms with Crippen LogP contribution >= 0.6 is 11.3 Å². The zero-order valence-electron chi connectivity index (χ0n) is 21.7. The number of aryl methyl sites for hydroxylation is 2. The van der Waals surface area contributed by atoms with E-state index in [-0.39, 0.29) is 12.0 Å². The molecule has 0 saturated carbocycles. The van der Waals surface area contributed by atoms with Crippen LogP contribution in [-0.2, 0) is 22.5 Å². The molecule has 0 aliphatic carbocycles. The smallest absolute Gasteiger partial charge is 0.223 e. The van der Waals surface area contributed by atoms with E-state index in [0.29, 0.717) is 39.1 Å². The summed E-state index contributed by atoms with van der Waals surface area (Å²) < 4.78 is 23.9. The quantitative estimate of drug-likeness (QED) is 0.362. The molecule has 1 saturated heterocycles. The van der Waals surface area contributed by atoms with Crippen molar-refractivity contribution in [2.45, 2.75) is 51.7 Å². The minimum Gasteiger partial charge on any atom is -0.496 e. The van der Waals surface area contributed by atoms with Crippen LogP contribution in [0.25, 0.3) is 10.4 Å². The van der Waals surface area contributed by atoms with E-state index < -0.39 is 0 Å². The van der Waals surface area contributed by atoms with E-state index in [4.69, 9.17) is 18.9 Å². The number of carbonyl (C=O) groups excluding carboxylic acids is 1. The van der Waals surface area contributed by atoms with E-state index in [1.807, 2.05) is 29.2 Å². The van der Waals surface area contributed by atoms with Crippen LogP contribution in [-0.4, -0.2) is 50.4 Å². The predicted molar refractivity (Wildman–Crippen MR) is 146 cm³/mol. The monoisotopic (exact) mass is 521 g/mol. The van der Waals surface area contributed by atoms with E-state index in [1.165, 1.54) is 16.2 Å². The Balaban J connectivity index is 1.36. The molecular weight excluding hydrogens is 486 g/mol. The highest BCUT2D eigenvalue weighted by Gasteiger charge is 2.25. The highest BCUT2D eigenvalue weighted by Crippen LogP contribution is 2.40. The first kappa shape index (κ1) is 25.6. The largest absolute Gasteiger partial charge is 0.496 e. The molecule has 1 atom stereocenters. The number of carbonyl (C=O) groups is 1. The SMILES string of the molecule is COc1ccccc1CCC(=O)N1CCOc2c(cc(-c3ccc(C)s3)cc2OCC2CCCCO2)C1. The van der Waals surface area contributed by atoms with Gasteiger partial charge in [-0.15, -0.1) is 11.3 Å². The summed E-state index contributed by atoms with van der Waals surface area (Å²) in [5.74, 6) is 2.40. The van der Waals surface area contributed by atoms with Crippen molar-refractivity contribution in [2.75, 3.05) is 33.5 Å². The first-order chi connectivity index (χ1) is 18.1. The molecular formula is C30H35NO5S. The highest BCUT2D eigenvalue weighted by molar-refractivity contribution is 7.15. The molecule has 0 spiro atoms. The summed E-state index contributed by atoms with van der Waals surface area (Å²) in [5.41, 5.74) is 3.11. The van der Waals surface area contributed by atoms with Crippen LogP contribution in [0.15, 0.2) is 48.5 Å². The van der Waals surface area contributed by atoms with Gasteiger partial charge in [-0.2, -0.15) is 0 Å². The third-order valence-corrected chi connectivity index (χ3v) is 8.03. The van der Waals surface area contributed by atoms with E-state index in [2.05, 4.69) is 31.2 Å². The topological polar surface area (TPSA) is 57.2 Å². The first-order valence-electron chi connectivity index (χ1n) is 13.1. The molecule has 1 amide bonds. The second kappa shape index (κ2) is 12.0. The van der Waals surface area contributed by atoms with Crippen LogP contribution in [0.1, 0.15) is 41.7 Å². The van der Waals surface area contributed by atoms with Crippen LogP contribution in [0, 0.1) is 6.92 Å². The number of ether oxygens (including phenoxy) is 4. The van der Waals surface area contributed by atoms with Crippen molar-refractivity contribution >= 4 is 17.2 Å². The van der Waals surface area contributed by atoms with Crippen molar-refractivity contribution in [1.29, 1.82) is 0 Å². The molecule has 7 heteroatoms. The summed E-state index contributed by atoms with van der Waals surface area (Å²) in [6.07, 6.45) is 4.46. The lowest BCUT2D eigenvalue weighted by Gasteiger charge is -2.24. The highest BCUT2D eigenvalue weighted by atomic mass is 32.1. The van der Waals surface area contributed by atoms with Crippen molar-refractivity contribution in [3.05, 3.63) is 64.5 Å². The molecule has 3 aromatic rings. The van der Waals surface area contributed by atoms with Gasteiger partial charge in [0, 0.05) is 34.9 Å². The van der Waals surface area contributed by atoms with Gasteiger partial charge in [0.25, 0.3) is 0 Å². The zero-order chi connectivity index (χ0) is 25.6. The van der Waals surface area contributed by atoms with Gasteiger partial charge in [0.2, 0.25) is 5.91 Å². The van der Waals surface area contributed by atoms with Gasteiger partial charge in [-0.05, 0) is 74.1 Å². The van der Waals surface area contributed by atoms with Crippen LogP contribution in [0.3, 0.4) is 0 Å². The molecule has 2 aromatic carbocycles. The Morgan fingerprint density at radius 1 is 1.11 bits per heavy atom. The Kier molecular flexibility index (Phi) is 8.31. The molecule has 196 valence electrons. The fraction of sp³-hybridized carbons (Fsp3) is 0.433. The minimum atomic E-state index is 0.107. The van der Waals surface area contributed by atoms with Crippen molar-refractivity contribution in [2.24, 2.45) is 0 Å². The Morgan fingerprint density at radius 2 is 2.00 bits per heavy atom. The zero-order valence-corrected chi connectivity index (χ0v) is 22.5. The maximum Gasteiger partial charge on any atom is 0.223 e. The Labute approximate surface area is 223 Å². The molecule has 2 aliphatic heterocycles. The number of nitrogens with zero attached hydrogens (tertiary/aromatic N) is 1. The second-order valence-electron chi connectivity index (χ2n) is 9.65. The second-order valence-corrected chi connectivity index (χ2v) is 10.9. The summed E-state index contributed by atoms with van der Waals surface area (Å²) in [7, 11) is 1.66. The van der Waals surface area contributed by atoms with E-state index in [0.717, 1.165) is 53.4 Å². The fourth-order valence-corrected chi connectivity index (χ4v) is 5.82. The number of hydrogen-bond donors (Lipinski definition) is 0. The standard InChI is InChI=1S/C30H35NO5S/c1-21-10-12-28(37-21)23-17-24-19-31(29(32)13-11-22-7-3-4-9-26(22)33-2)14-16-35-30(24)27(18-23)36-20-25-8-5-6-15-34-25/h3-4,7,9-10,12,17-18,25H,5-6,8,11,13-16,19-20H2,1-2H3. The summed E-state index contributed by atoms with van der Waals surface area (Å²) in [6, 6.07) is 16.4. The van der Waals surface area contributed by atoms with Gasteiger partial charge >= 0.3 is 0 Å². The predicted octanol–water partition coefficient (Wildman–Crippen LogP) is 6.03. The third kappa shape index (κ3) is 6.28. The maximum absolute atomic E-state index is 13.3. The average Bonchev–Trinajstić information content (AvgIpc) is 3.25. The maximum atomic E-state index is 13.3. The molecule has 1 fully saturated rings. The molecule has 0 radical (unpaired) electrons. The van der Waals surface area contributed by atoms with Crippen LogP contribution in [0.5, 0.6) is 17.2 Å². The molecule has 3 heterocycles. The first-order valence-corrected chi connectivity index (χ1v) is 13.9. The number of hydrogen-bond acceptors (Lipinski definition) is 6. The van der Waals surface area contributed by atoms with Crippen LogP contribution in [0.2, 0.25) is 0 Å². The number of fused-ring (bicyclic) bond motifs is 1. The molecule has 2 aliphatic rings. The Morgan fingerprint density at radius 3 is 2.78 bits per heavy atom. The number of amides is 1. The molecule has 5 rings (SSSR count). The van der Waals surface area contributed by atoms with Crippen LogP contribution < -0.4 is 14.2 Å². The Hall–Kier alpha value is -3.03. The van der Waals surface area contributed by atoms with Crippen molar-refractivity contribution in [3.8, 4) is 27.7 Å². The van der Waals surface area contributed by atoms with Gasteiger partial charge in [0.15, 0.2) is 11.5 Å². The molecule has 37 heavy (non-hydrogen) atoms. The third-order valence-electron chi connectivity index (χ3n) is 6.98. The van der Waals surface area contributed by atoms with E-state index in [9.17, 15) is 4.79 Å². The number of para-hydroxylation sites is 1. The van der Waals surface area contributed by atoms with Gasteiger partial charge in [-0.25, -0.2) is 0 Å². The van der Waals surface area contributed by atoms with E-state index >= 15 is 0 Å². The minimum absolute atomic E-state index is 0.107. The number of benzene rings is 2. The number of rotatable bonds is 8. The van der Waals surface area contributed by atoms with Crippen molar-refractivity contribution in [1.82, 2.24) is 4.90 Å². The van der Waals surface area contributed by atoms with Crippen molar-refractivity contribution in [3.63, 3.8) is 0 Å². The number of methoxy groups -OCH3 is 1. The molecule has 0 bridgehead atoms. The lowest BCUT2D eigenvalue weighted by atomic mass is 10.1. The summed E-state index contributed by atoms with van der Waals surface area (Å²) in [5, 5.41) is 0. The van der Waals surface area contributed by atoms with Gasteiger partial charge in [-0.3, -0.25) is 4.79 Å². The van der Waals surface area contributed by atoms with Gasteiger partial charge in [-0.1, -0.05) is 18.2 Å². The van der Waals surface area contributed by atoms with Crippen LogP contribution in [0.4, 0.5) is 0 Å². The van der Waals surface area contributed by atoms with Gasteiger partial charge < -0.3 is 23.8 Å².